The van der Waals surface area contributed by atoms with Gasteiger partial charge in [-0.15, -0.1) is 11.3 Å². The number of aliphatic hydroxyl groups excluding tert-OH is 1. The van der Waals surface area contributed by atoms with Gasteiger partial charge in [-0.2, -0.15) is 4.31 Å². The minimum atomic E-state index is -4.06. The number of amides is 1. The van der Waals surface area contributed by atoms with E-state index in [1.54, 1.807) is 55.8 Å². The summed E-state index contributed by atoms with van der Waals surface area (Å²) in [6.07, 6.45) is -0.952. The van der Waals surface area contributed by atoms with Gasteiger partial charge in [0.1, 0.15) is 11.9 Å². The molecule has 288 valence electrons. The highest BCUT2D eigenvalue weighted by molar-refractivity contribution is 7.89. The van der Waals surface area contributed by atoms with Crippen molar-refractivity contribution in [1.82, 2.24) is 14.6 Å². The fourth-order valence-corrected chi connectivity index (χ4v) is 10.0. The molecule has 3 heterocycles. The number of aromatic nitrogens is 1. The van der Waals surface area contributed by atoms with Gasteiger partial charge in [0.2, 0.25) is 10.0 Å². The van der Waals surface area contributed by atoms with E-state index in [0.717, 1.165) is 17.5 Å². The van der Waals surface area contributed by atoms with Gasteiger partial charge in [0.15, 0.2) is 12.6 Å². The molecule has 1 aromatic heterocycles. The van der Waals surface area contributed by atoms with Gasteiger partial charge in [-0.25, -0.2) is 18.2 Å². The molecule has 52 heavy (non-hydrogen) atoms. The van der Waals surface area contributed by atoms with Gasteiger partial charge in [0, 0.05) is 13.1 Å². The van der Waals surface area contributed by atoms with Gasteiger partial charge in [0.05, 0.1) is 65.1 Å². The van der Waals surface area contributed by atoms with E-state index < -0.39 is 48.3 Å². The van der Waals surface area contributed by atoms with Crippen molar-refractivity contribution in [2.24, 2.45) is 11.8 Å². The van der Waals surface area contributed by atoms with Gasteiger partial charge < -0.3 is 38.4 Å². The quantitative estimate of drug-likeness (QED) is 0.133. The predicted octanol–water partition coefficient (Wildman–Crippen LogP) is 5.79. The number of benzene rings is 2. The number of hydrogen-bond acceptors (Lipinski definition) is 13. The van der Waals surface area contributed by atoms with Crippen LogP contribution in [0, 0.1) is 11.8 Å². The Morgan fingerprint density at radius 3 is 2.50 bits per heavy atom. The maximum absolute atomic E-state index is 14.2. The van der Waals surface area contributed by atoms with Crippen molar-refractivity contribution >= 4 is 45.3 Å². The van der Waals surface area contributed by atoms with Crippen molar-refractivity contribution in [3.8, 4) is 5.75 Å². The van der Waals surface area contributed by atoms with Crippen LogP contribution >= 0.6 is 18.9 Å². The van der Waals surface area contributed by atoms with E-state index in [1.165, 1.54) is 21.7 Å². The zero-order chi connectivity index (χ0) is 37.3. The summed E-state index contributed by atoms with van der Waals surface area (Å²) in [7, 11) is -7.49. The van der Waals surface area contributed by atoms with Crippen LogP contribution in [0.1, 0.15) is 52.5 Å². The van der Waals surface area contributed by atoms with Gasteiger partial charge in [-0.3, -0.25) is 4.57 Å². The number of nitrogens with zero attached hydrogens (tertiary/aromatic N) is 2. The molecule has 2 fully saturated rings. The third-order valence-corrected chi connectivity index (χ3v) is 13.7. The van der Waals surface area contributed by atoms with Crippen molar-refractivity contribution in [2.75, 3.05) is 45.9 Å². The van der Waals surface area contributed by atoms with E-state index in [-0.39, 0.29) is 62.4 Å². The smallest absolute Gasteiger partial charge is 0.407 e. The van der Waals surface area contributed by atoms with Crippen molar-refractivity contribution in [2.45, 2.75) is 82.8 Å². The molecule has 2 aliphatic rings. The maximum atomic E-state index is 14.2. The van der Waals surface area contributed by atoms with Crippen LogP contribution in [-0.2, 0) is 44.3 Å². The molecule has 0 aliphatic carbocycles. The molecule has 0 spiro atoms. The highest BCUT2D eigenvalue weighted by Gasteiger charge is 2.44. The van der Waals surface area contributed by atoms with Crippen LogP contribution in [0.15, 0.2) is 52.9 Å². The van der Waals surface area contributed by atoms with E-state index in [9.17, 15) is 22.9 Å². The highest BCUT2D eigenvalue weighted by atomic mass is 32.2. The second kappa shape index (κ2) is 18.6. The first-order valence-electron chi connectivity index (χ1n) is 17.8. The lowest BCUT2D eigenvalue weighted by Crippen LogP contribution is -2.52. The second-order valence-corrected chi connectivity index (χ2v) is 17.7. The molecule has 0 radical (unpaired) electrons. The number of aliphatic hydroxyl groups is 1. The van der Waals surface area contributed by atoms with E-state index in [0.29, 0.717) is 29.9 Å². The number of fused-ring (bicyclic) bond motifs is 2. The third-order valence-electron chi connectivity index (χ3n) is 9.38. The number of ether oxygens (including phenoxy) is 4. The number of carbonyl (C=O) groups excluding carboxylic acids is 1. The van der Waals surface area contributed by atoms with Gasteiger partial charge in [-0.1, -0.05) is 38.8 Å². The molecule has 5 atom stereocenters. The van der Waals surface area contributed by atoms with Crippen LogP contribution in [0.4, 0.5) is 4.79 Å². The number of sulfonamides is 1. The SMILES string of the molecule is CCOP(=O)(COc1ccc(C[C@H](NC(=O)O[C@H]2CO[C@H]3OCC[C@H]32)[C@H](O)CN(CC(CC)CC)S(=O)(=O)c2ccc3ncsc3c2)cc1)OCC. The molecular weight excluding hydrogens is 734 g/mol. The van der Waals surface area contributed by atoms with Crippen molar-refractivity contribution < 1.29 is 50.9 Å². The first-order valence-corrected chi connectivity index (χ1v) is 21.8. The lowest BCUT2D eigenvalue weighted by Gasteiger charge is -2.31. The highest BCUT2D eigenvalue weighted by Crippen LogP contribution is 2.48. The van der Waals surface area contributed by atoms with Crippen LogP contribution in [0.5, 0.6) is 5.75 Å². The van der Waals surface area contributed by atoms with Gasteiger partial charge in [-0.05, 0) is 68.5 Å². The van der Waals surface area contributed by atoms with Crippen molar-refractivity contribution in [3.63, 3.8) is 0 Å². The summed E-state index contributed by atoms with van der Waals surface area (Å²) in [6.45, 7) is 8.49. The normalized spacial score (nSPS) is 20.3. The number of rotatable bonds is 20. The average molecular weight is 784 g/mol. The molecule has 2 aliphatic heterocycles. The first kappa shape index (κ1) is 40.5. The number of carbonyl (C=O) groups is 1. The fourth-order valence-electron chi connectivity index (χ4n) is 6.37. The molecule has 2 aromatic carbocycles. The Morgan fingerprint density at radius 1 is 1.08 bits per heavy atom. The maximum Gasteiger partial charge on any atom is 0.407 e. The zero-order valence-corrected chi connectivity index (χ0v) is 32.6. The average Bonchev–Trinajstić information content (AvgIpc) is 3.88. The Kier molecular flexibility index (Phi) is 14.5. The molecule has 17 heteroatoms. The molecule has 0 bridgehead atoms. The van der Waals surface area contributed by atoms with Crippen molar-refractivity contribution in [3.05, 3.63) is 53.5 Å². The molecule has 0 unspecified atom stereocenters. The minimum absolute atomic E-state index is 0.0442. The van der Waals surface area contributed by atoms with E-state index in [2.05, 4.69) is 10.3 Å². The number of nitrogens with one attached hydrogen (secondary N) is 1. The summed E-state index contributed by atoms with van der Waals surface area (Å²) in [5, 5.41) is 14.6. The summed E-state index contributed by atoms with van der Waals surface area (Å²) < 4.78 is 76.6. The van der Waals surface area contributed by atoms with Crippen LogP contribution in [0.3, 0.4) is 0 Å². The summed E-state index contributed by atoms with van der Waals surface area (Å²) in [5.74, 6) is 0.379. The van der Waals surface area contributed by atoms with Crippen LogP contribution < -0.4 is 10.1 Å². The molecule has 3 aromatic rings. The Balaban J connectivity index is 1.36. The molecule has 5 rings (SSSR count). The molecular formula is C35H50N3O11PS2. The number of hydrogen-bond donors (Lipinski definition) is 2. The molecule has 14 nitrogen and oxygen atoms in total. The summed E-state index contributed by atoms with van der Waals surface area (Å²) in [4.78, 5) is 17.7. The fraction of sp³-hybridized carbons (Fsp3) is 0.600. The van der Waals surface area contributed by atoms with E-state index in [1.807, 2.05) is 13.8 Å². The topological polar surface area (TPSA) is 172 Å². The van der Waals surface area contributed by atoms with Crippen LogP contribution in [-0.4, -0.2) is 99.3 Å². The Labute approximate surface area is 309 Å². The molecule has 2 saturated heterocycles. The Morgan fingerprint density at radius 2 is 1.81 bits per heavy atom. The summed E-state index contributed by atoms with van der Waals surface area (Å²) >= 11 is 1.35. The van der Waals surface area contributed by atoms with Gasteiger partial charge in [0.25, 0.3) is 0 Å². The lowest BCUT2D eigenvalue weighted by molar-refractivity contribution is -0.0907. The summed E-state index contributed by atoms with van der Waals surface area (Å²) in [5.41, 5.74) is 3.09. The van der Waals surface area contributed by atoms with E-state index in [4.69, 9.17) is 28.0 Å². The van der Waals surface area contributed by atoms with E-state index >= 15 is 0 Å². The predicted molar refractivity (Wildman–Crippen MR) is 196 cm³/mol. The zero-order valence-electron chi connectivity index (χ0n) is 30.0. The van der Waals surface area contributed by atoms with Crippen LogP contribution in [0.25, 0.3) is 10.2 Å². The number of thiazole rings is 1. The first-order chi connectivity index (χ1) is 25.0. The standard InChI is InChI=1S/C35H50N3O11PS2/c1-5-24(6-2)19-38(52(42,43)27-13-14-29-33(18-27)51-22-36-29)20-31(39)30(37-35(40)49-32-21-45-34-28(32)15-16-44-34)17-25-9-11-26(12-10-25)46-23-50(41,47-7-3)48-8-4/h9-14,18,22,24,28,30-32,34,39H,5-8,15-17,19-21,23H2,1-4H3,(H,37,40)/t28-,30-,31+,32-,34+/m0/s1. The third kappa shape index (κ3) is 10.3. The molecule has 2 N–H and O–H groups in total. The van der Waals surface area contributed by atoms with Crippen LogP contribution in [0.2, 0.25) is 0 Å². The molecule has 1 amide bonds. The Hall–Kier alpha value is -2.66. The number of alkyl carbamates (subject to hydrolysis) is 1. The molecule has 0 saturated carbocycles. The minimum Gasteiger partial charge on any atom is -0.481 e. The van der Waals surface area contributed by atoms with Crippen molar-refractivity contribution in [1.29, 1.82) is 0 Å². The summed E-state index contributed by atoms with van der Waals surface area (Å²) in [6, 6.07) is 10.7. The lowest BCUT2D eigenvalue weighted by atomic mass is 10.00. The monoisotopic (exact) mass is 783 g/mol. The second-order valence-electron chi connectivity index (χ2n) is 12.8. The largest absolute Gasteiger partial charge is 0.481 e. The van der Waals surface area contributed by atoms with Gasteiger partial charge >= 0.3 is 13.7 Å². The Bertz CT molecular complexity index is 1750.